The van der Waals surface area contributed by atoms with Gasteiger partial charge in [0.25, 0.3) is 5.91 Å². The molecular weight excluding hydrogens is 380 g/mol. The first-order chi connectivity index (χ1) is 14.6. The molecule has 2 amide bonds. The van der Waals surface area contributed by atoms with Crippen molar-refractivity contribution in [3.63, 3.8) is 0 Å². The number of aromatic amines is 1. The first kappa shape index (κ1) is 19.2. The lowest BCUT2D eigenvalue weighted by Gasteiger charge is -2.10. The number of rotatable bonds is 6. The van der Waals surface area contributed by atoms with Crippen molar-refractivity contribution < 1.29 is 14.3 Å². The summed E-state index contributed by atoms with van der Waals surface area (Å²) in [5.41, 5.74) is 3.59. The number of methoxy groups -OCH3 is 1. The van der Waals surface area contributed by atoms with Gasteiger partial charge in [0.15, 0.2) is 0 Å². The third-order valence-corrected chi connectivity index (χ3v) is 4.61. The van der Waals surface area contributed by atoms with Crippen LogP contribution in [0.4, 0.5) is 5.69 Å². The van der Waals surface area contributed by atoms with Crippen molar-refractivity contribution in [3.8, 4) is 17.1 Å². The van der Waals surface area contributed by atoms with E-state index in [0.717, 1.165) is 16.6 Å². The molecule has 1 heterocycles. The average molecular weight is 400 g/mol. The van der Waals surface area contributed by atoms with Crippen molar-refractivity contribution in [3.05, 3.63) is 78.4 Å². The van der Waals surface area contributed by atoms with Gasteiger partial charge in [0.05, 0.1) is 30.4 Å². The van der Waals surface area contributed by atoms with Crippen LogP contribution >= 0.6 is 0 Å². The van der Waals surface area contributed by atoms with Crippen LogP contribution in [0, 0.1) is 0 Å². The summed E-state index contributed by atoms with van der Waals surface area (Å²) in [4.78, 5) is 32.5. The number of nitrogens with zero attached hydrogens (tertiary/aromatic N) is 1. The first-order valence-electron chi connectivity index (χ1n) is 9.40. The molecular formula is C23H20N4O3. The molecule has 4 aromatic rings. The fourth-order valence-electron chi connectivity index (χ4n) is 3.08. The highest BCUT2D eigenvalue weighted by Gasteiger charge is 2.13. The Morgan fingerprint density at radius 2 is 1.70 bits per heavy atom. The molecule has 0 saturated heterocycles. The molecule has 0 atom stereocenters. The number of carbonyl (C=O) groups is 2. The van der Waals surface area contributed by atoms with Gasteiger partial charge in [0, 0.05) is 11.1 Å². The molecule has 7 heteroatoms. The van der Waals surface area contributed by atoms with E-state index in [2.05, 4.69) is 20.6 Å². The van der Waals surface area contributed by atoms with E-state index in [0.29, 0.717) is 22.8 Å². The maximum atomic E-state index is 12.4. The van der Waals surface area contributed by atoms with Crippen LogP contribution in [-0.2, 0) is 4.79 Å². The van der Waals surface area contributed by atoms with E-state index >= 15 is 0 Å². The molecule has 3 aromatic carbocycles. The highest BCUT2D eigenvalue weighted by atomic mass is 16.5. The third-order valence-electron chi connectivity index (χ3n) is 4.61. The summed E-state index contributed by atoms with van der Waals surface area (Å²) in [6.45, 7) is -0.153. The lowest BCUT2D eigenvalue weighted by Crippen LogP contribution is -2.32. The number of para-hydroxylation sites is 3. The van der Waals surface area contributed by atoms with Crippen LogP contribution in [0.2, 0.25) is 0 Å². The molecule has 0 aliphatic heterocycles. The molecule has 0 bridgehead atoms. The van der Waals surface area contributed by atoms with Crippen molar-refractivity contribution in [1.29, 1.82) is 0 Å². The Hall–Kier alpha value is -4.13. The van der Waals surface area contributed by atoms with Gasteiger partial charge < -0.3 is 20.4 Å². The zero-order valence-electron chi connectivity index (χ0n) is 16.3. The SMILES string of the molecule is COc1ccc(C(=O)NCC(=O)Nc2ccccc2-c2nc3ccccc3[nH]2)cc1. The number of H-pyrrole nitrogens is 1. The van der Waals surface area contributed by atoms with Crippen LogP contribution in [0.3, 0.4) is 0 Å². The third kappa shape index (κ3) is 4.15. The number of amides is 2. The number of hydrogen-bond acceptors (Lipinski definition) is 4. The number of fused-ring (bicyclic) bond motifs is 1. The monoisotopic (exact) mass is 400 g/mol. The molecule has 0 aliphatic carbocycles. The molecule has 30 heavy (non-hydrogen) atoms. The Bertz CT molecular complexity index is 1170. The number of ether oxygens (including phenoxy) is 1. The minimum Gasteiger partial charge on any atom is -0.497 e. The molecule has 0 saturated carbocycles. The second-order valence-electron chi connectivity index (χ2n) is 6.61. The van der Waals surface area contributed by atoms with Crippen molar-refractivity contribution in [2.75, 3.05) is 19.0 Å². The molecule has 0 fully saturated rings. The van der Waals surface area contributed by atoms with Gasteiger partial charge in [-0.2, -0.15) is 0 Å². The van der Waals surface area contributed by atoms with E-state index in [9.17, 15) is 9.59 Å². The van der Waals surface area contributed by atoms with Gasteiger partial charge in [-0.25, -0.2) is 4.98 Å². The highest BCUT2D eigenvalue weighted by Crippen LogP contribution is 2.27. The summed E-state index contributed by atoms with van der Waals surface area (Å²) in [6.07, 6.45) is 0. The molecule has 1 aromatic heterocycles. The van der Waals surface area contributed by atoms with E-state index in [1.165, 1.54) is 0 Å². The average Bonchev–Trinajstić information content (AvgIpc) is 3.22. The molecule has 0 unspecified atom stereocenters. The fourth-order valence-corrected chi connectivity index (χ4v) is 3.08. The number of hydrogen-bond donors (Lipinski definition) is 3. The Kier molecular flexibility index (Phi) is 5.43. The maximum absolute atomic E-state index is 12.4. The zero-order valence-corrected chi connectivity index (χ0v) is 16.3. The zero-order chi connectivity index (χ0) is 20.9. The topological polar surface area (TPSA) is 96.1 Å². The summed E-state index contributed by atoms with van der Waals surface area (Å²) < 4.78 is 5.08. The maximum Gasteiger partial charge on any atom is 0.251 e. The quantitative estimate of drug-likeness (QED) is 0.461. The summed E-state index contributed by atoms with van der Waals surface area (Å²) in [5, 5.41) is 5.47. The van der Waals surface area contributed by atoms with E-state index in [-0.39, 0.29) is 18.4 Å². The predicted octanol–water partition coefficient (Wildman–Crippen LogP) is 3.61. The molecule has 0 aliphatic rings. The van der Waals surface area contributed by atoms with Crippen LogP contribution in [0.1, 0.15) is 10.4 Å². The van der Waals surface area contributed by atoms with Gasteiger partial charge in [-0.05, 0) is 48.5 Å². The van der Waals surface area contributed by atoms with Gasteiger partial charge in [-0.1, -0.05) is 24.3 Å². The van der Waals surface area contributed by atoms with Crippen LogP contribution in [0.25, 0.3) is 22.4 Å². The molecule has 0 radical (unpaired) electrons. The van der Waals surface area contributed by atoms with E-state index in [4.69, 9.17) is 4.74 Å². The normalized spacial score (nSPS) is 10.6. The summed E-state index contributed by atoms with van der Waals surface area (Å²) >= 11 is 0. The number of benzene rings is 3. The first-order valence-corrected chi connectivity index (χ1v) is 9.40. The van der Waals surface area contributed by atoms with Gasteiger partial charge in [-0.3, -0.25) is 9.59 Å². The molecule has 0 spiro atoms. The van der Waals surface area contributed by atoms with Gasteiger partial charge in [-0.15, -0.1) is 0 Å². The second-order valence-corrected chi connectivity index (χ2v) is 6.61. The highest BCUT2D eigenvalue weighted by molar-refractivity contribution is 6.01. The van der Waals surface area contributed by atoms with Gasteiger partial charge in [0.2, 0.25) is 5.91 Å². The molecule has 150 valence electrons. The lowest BCUT2D eigenvalue weighted by molar-refractivity contribution is -0.115. The number of imidazole rings is 1. The largest absolute Gasteiger partial charge is 0.497 e. The van der Waals surface area contributed by atoms with Crippen LogP contribution in [-0.4, -0.2) is 35.4 Å². The van der Waals surface area contributed by atoms with Crippen LogP contribution in [0.5, 0.6) is 5.75 Å². The second kappa shape index (κ2) is 8.48. The minimum atomic E-state index is -0.335. The number of nitrogens with one attached hydrogen (secondary N) is 3. The van der Waals surface area contributed by atoms with Gasteiger partial charge >= 0.3 is 0 Å². The Morgan fingerprint density at radius 1 is 0.967 bits per heavy atom. The summed E-state index contributed by atoms with van der Waals surface area (Å²) in [6, 6.07) is 21.8. The molecule has 7 nitrogen and oxygen atoms in total. The standard InChI is InChI=1S/C23H20N4O3/c1-30-16-12-10-15(11-13-16)23(29)24-14-21(28)25-18-7-3-2-6-17(18)22-26-19-8-4-5-9-20(19)27-22/h2-13H,14H2,1H3,(H,24,29)(H,25,28)(H,26,27). The number of anilines is 1. The van der Waals surface area contributed by atoms with Crippen LogP contribution < -0.4 is 15.4 Å². The predicted molar refractivity (Wildman–Crippen MR) is 115 cm³/mol. The Balaban J connectivity index is 1.44. The van der Waals surface area contributed by atoms with Crippen molar-refractivity contribution >= 4 is 28.5 Å². The van der Waals surface area contributed by atoms with E-state index < -0.39 is 0 Å². The Morgan fingerprint density at radius 3 is 2.47 bits per heavy atom. The fraction of sp³-hybridized carbons (Fsp3) is 0.0870. The van der Waals surface area contributed by atoms with E-state index in [1.807, 2.05) is 42.5 Å². The smallest absolute Gasteiger partial charge is 0.251 e. The minimum absolute atomic E-state index is 0.153. The van der Waals surface area contributed by atoms with Crippen molar-refractivity contribution in [1.82, 2.24) is 15.3 Å². The van der Waals surface area contributed by atoms with Crippen molar-refractivity contribution in [2.45, 2.75) is 0 Å². The summed E-state index contributed by atoms with van der Waals surface area (Å²) in [7, 11) is 1.56. The summed E-state index contributed by atoms with van der Waals surface area (Å²) in [5.74, 6) is 0.652. The molecule has 3 N–H and O–H groups in total. The van der Waals surface area contributed by atoms with Gasteiger partial charge in [0.1, 0.15) is 11.6 Å². The van der Waals surface area contributed by atoms with Crippen LogP contribution in [0.15, 0.2) is 72.8 Å². The number of carbonyl (C=O) groups excluding carboxylic acids is 2. The van der Waals surface area contributed by atoms with Crippen molar-refractivity contribution in [2.24, 2.45) is 0 Å². The number of aromatic nitrogens is 2. The Labute approximate surface area is 173 Å². The lowest BCUT2D eigenvalue weighted by atomic mass is 10.1. The van der Waals surface area contributed by atoms with E-state index in [1.54, 1.807) is 37.4 Å². The molecule has 4 rings (SSSR count).